The van der Waals surface area contributed by atoms with Gasteiger partial charge in [-0.3, -0.25) is 20.9 Å². The van der Waals surface area contributed by atoms with Crippen molar-refractivity contribution >= 4 is 69.3 Å². The molecule has 0 radical (unpaired) electrons. The van der Waals surface area contributed by atoms with Crippen LogP contribution in [0.25, 0.3) is 0 Å². The molecule has 4 rings (SSSR count). The number of carboxylic acid groups (broad SMARTS) is 1. The van der Waals surface area contributed by atoms with Crippen molar-refractivity contribution in [2.45, 2.75) is 140 Å². The third-order valence-corrected chi connectivity index (χ3v) is 14.2. The first kappa shape index (κ1) is 63.0. The summed E-state index contributed by atoms with van der Waals surface area (Å²) in [5, 5.41) is 23.8. The summed E-state index contributed by atoms with van der Waals surface area (Å²) in [6, 6.07) is 0. The normalized spacial score (nSPS) is 38.5. The van der Waals surface area contributed by atoms with E-state index in [-0.39, 0.29) is 0 Å². The fourth-order valence-electron chi connectivity index (χ4n) is 8.29. The average Bonchev–Trinajstić information content (AvgIpc) is 3.21. The van der Waals surface area contributed by atoms with Crippen LogP contribution < -0.4 is 10.2 Å². The van der Waals surface area contributed by atoms with Gasteiger partial charge in [0.2, 0.25) is 52.0 Å². The lowest BCUT2D eigenvalue weighted by Crippen LogP contribution is -2.65. The number of ether oxygens (including phenoxy) is 8. The molecule has 0 saturated carbocycles. The van der Waals surface area contributed by atoms with E-state index in [2.05, 4.69) is 25.2 Å². The van der Waals surface area contributed by atoms with Crippen LogP contribution in [-0.4, -0.2) is 192 Å². The molecule has 4 aliphatic heterocycles. The molecule has 4 aliphatic rings. The standard InChI is InChI=1S/C31H53O35S6/c1-11-12(2)21(28(33)34)59-29(13(11)3)60-23-19(9-54-69(40,41)42)57-31(27(65-72(49,50)51)25(23)62-66-67(35)36)56-15(5)17-7-20(52-10-32)58-30(14(17)4)61-24-18(8-53-68(37,38)39)55-16(6)22(63-70(43,44)45)26(24)64-71(46,47)48/h11-27,29-31H,7-10H2,1-6H3,(H,33,34)(H,35,36)(H,37,38,39)(H,40,41,42)(H,43,44,45)(H,46,47,48)(H,49,50,51)/q-1/p-7/t11?,12-,13?,14?,15?,16+,17+,18?,19?,20?,21?,22?,23-,24+,25-,26?,27?,29+,30+,31+/m0/s1. The van der Waals surface area contributed by atoms with Gasteiger partial charge in [-0.1, -0.05) is 27.7 Å². The van der Waals surface area contributed by atoms with Crippen LogP contribution in [0.5, 0.6) is 0 Å². The molecule has 424 valence electrons. The molecular weight excluding hydrogens is 1120 g/mol. The van der Waals surface area contributed by atoms with Crippen molar-refractivity contribution in [1.29, 1.82) is 0 Å². The molecule has 0 N–H and O–H groups in total. The third kappa shape index (κ3) is 18.6. The van der Waals surface area contributed by atoms with Gasteiger partial charge in [-0.05, 0) is 38.4 Å². The molecule has 4 heterocycles. The quantitative estimate of drug-likeness (QED) is 0.0205. The maximum Gasteiger partial charge on any atom is 0.218 e. The molecular formula is C31H46O35S6-8. The minimum atomic E-state index is -6.02. The topological polar surface area (TPSA) is 528 Å². The van der Waals surface area contributed by atoms with Crippen LogP contribution >= 0.6 is 0 Å². The van der Waals surface area contributed by atoms with Gasteiger partial charge < -0.3 is 80.2 Å². The van der Waals surface area contributed by atoms with Crippen molar-refractivity contribution in [3.63, 3.8) is 0 Å². The van der Waals surface area contributed by atoms with Crippen molar-refractivity contribution in [3.8, 4) is 0 Å². The summed E-state index contributed by atoms with van der Waals surface area (Å²) in [7, 11) is -29.2. The third-order valence-electron chi connectivity index (χ3n) is 11.8. The maximum absolute atomic E-state index is 12.3. The Hall–Kier alpha value is -1.51. The molecule has 12 unspecified atom stereocenters. The Morgan fingerprint density at radius 3 is 1.58 bits per heavy atom. The zero-order valence-electron chi connectivity index (χ0n) is 37.6. The molecule has 0 aromatic heterocycles. The smallest absolute Gasteiger partial charge is 0.218 e. The van der Waals surface area contributed by atoms with E-state index in [9.17, 15) is 88.6 Å². The van der Waals surface area contributed by atoms with Crippen molar-refractivity contribution in [1.82, 2.24) is 0 Å². The van der Waals surface area contributed by atoms with E-state index in [1.54, 1.807) is 6.92 Å². The highest BCUT2D eigenvalue weighted by molar-refractivity contribution is 7.81. The summed E-state index contributed by atoms with van der Waals surface area (Å²) in [5.74, 6) is -6.62. The van der Waals surface area contributed by atoms with Gasteiger partial charge in [0.15, 0.2) is 37.4 Å². The van der Waals surface area contributed by atoms with Gasteiger partial charge in [-0.15, -0.1) is 4.33 Å². The average molecular weight is 1170 g/mol. The molecule has 0 aromatic rings. The molecule has 0 aliphatic carbocycles. The predicted octanol–water partition coefficient (Wildman–Crippen LogP) is -6.68. The molecule has 21 atom stereocenters. The van der Waals surface area contributed by atoms with Crippen LogP contribution in [0.15, 0.2) is 0 Å². The Morgan fingerprint density at radius 2 is 1.10 bits per heavy atom. The summed E-state index contributed by atoms with van der Waals surface area (Å²) in [6.45, 7) is 3.53. The summed E-state index contributed by atoms with van der Waals surface area (Å²) in [5.41, 5.74) is 0. The van der Waals surface area contributed by atoms with Crippen LogP contribution in [0, 0.1) is 29.6 Å². The monoisotopic (exact) mass is 1170 g/mol. The van der Waals surface area contributed by atoms with E-state index in [0.29, 0.717) is 0 Å². The molecule has 4 saturated heterocycles. The van der Waals surface area contributed by atoms with Crippen molar-refractivity contribution in [3.05, 3.63) is 0 Å². The Labute approximate surface area is 414 Å². The van der Waals surface area contributed by atoms with Crippen LogP contribution in [0.3, 0.4) is 0 Å². The molecule has 41 heteroatoms. The molecule has 0 aromatic carbocycles. The van der Waals surface area contributed by atoms with Crippen LogP contribution in [0.4, 0.5) is 0 Å². The van der Waals surface area contributed by atoms with Crippen molar-refractivity contribution in [2.24, 2.45) is 29.6 Å². The lowest BCUT2D eigenvalue weighted by molar-refractivity contribution is -0.462. The van der Waals surface area contributed by atoms with E-state index in [1.165, 1.54) is 20.8 Å². The molecule has 0 bridgehead atoms. The summed E-state index contributed by atoms with van der Waals surface area (Å²) < 4.78 is 272. The number of aliphatic carboxylic acids is 1. The molecule has 0 spiro atoms. The SMILES string of the molecule is CC1C(C)[C@H](C)C(C(=O)[O-])O[C@@H]1O[C@H]1C(COS(=O)(=O)[O-])O[C@@H](OC(C)[C@@H]2CC(OC[O-])O[C@H](O[C@@H]3C(COS(=O)(=O)[O-])O[C@H](C)C(OS(=O)(=O)[O-])C3OS(=O)(=O)[O-])C2C)C(OS(=O)(=O)[O-])[C@H]1OOS(=O)[O-]. The second-order valence-electron chi connectivity index (χ2n) is 16.4. The number of hydrogen-bond donors (Lipinski definition) is 0. The zero-order valence-corrected chi connectivity index (χ0v) is 42.5. The Balaban J connectivity index is 1.80. The molecule has 4 fully saturated rings. The van der Waals surface area contributed by atoms with Crippen LogP contribution in [0.2, 0.25) is 0 Å². The van der Waals surface area contributed by atoms with E-state index in [1.807, 2.05) is 0 Å². The first-order valence-corrected chi connectivity index (χ1v) is 28.1. The Bertz CT molecular complexity index is 2410. The van der Waals surface area contributed by atoms with Crippen LogP contribution in [-0.2, 0) is 136 Å². The lowest BCUT2D eigenvalue weighted by Gasteiger charge is -2.50. The Kier molecular flexibility index (Phi) is 22.2. The fraction of sp³-hybridized carbons (Fsp3) is 0.968. The second kappa shape index (κ2) is 25.3. The molecule has 72 heavy (non-hydrogen) atoms. The van der Waals surface area contributed by atoms with Gasteiger partial charge >= 0.3 is 0 Å². The van der Waals surface area contributed by atoms with Crippen LogP contribution in [0.1, 0.15) is 48.0 Å². The highest BCUT2D eigenvalue weighted by atomic mass is 32.3. The van der Waals surface area contributed by atoms with E-state index in [0.717, 1.165) is 13.8 Å². The number of hydrogen-bond acceptors (Lipinski definition) is 35. The predicted molar refractivity (Wildman–Crippen MR) is 206 cm³/mol. The zero-order chi connectivity index (χ0) is 54.6. The van der Waals surface area contributed by atoms with E-state index < -0.39 is 218 Å². The van der Waals surface area contributed by atoms with Crippen molar-refractivity contribution in [2.75, 3.05) is 20.0 Å². The fourth-order valence-corrected chi connectivity index (χ4v) is 10.6. The second-order valence-corrected chi connectivity index (χ2v) is 22.1. The number of rotatable bonds is 25. The van der Waals surface area contributed by atoms with E-state index >= 15 is 0 Å². The van der Waals surface area contributed by atoms with Gasteiger partial charge in [-0.25, -0.2) is 51.2 Å². The number of carbonyl (C=O) groups is 1. The molecule has 0 amide bonds. The van der Waals surface area contributed by atoms with Gasteiger partial charge in [-0.2, -0.15) is 0 Å². The van der Waals surface area contributed by atoms with Gasteiger partial charge in [0.25, 0.3) is 0 Å². The van der Waals surface area contributed by atoms with Crippen molar-refractivity contribution < 1.29 is 157 Å². The van der Waals surface area contributed by atoms with Gasteiger partial charge in [0.1, 0.15) is 54.1 Å². The highest BCUT2D eigenvalue weighted by Gasteiger charge is 2.56. The van der Waals surface area contributed by atoms with E-state index in [4.69, 9.17) is 42.8 Å². The minimum absolute atomic E-state index is 0.491. The van der Waals surface area contributed by atoms with Gasteiger partial charge in [0, 0.05) is 18.3 Å². The highest BCUT2D eigenvalue weighted by Crippen LogP contribution is 2.42. The summed E-state index contributed by atoms with van der Waals surface area (Å²) in [6.07, 6.45) is -32.6. The summed E-state index contributed by atoms with van der Waals surface area (Å²) >= 11 is -3.69. The number of carboxylic acids is 1. The first-order valence-electron chi connectivity index (χ1n) is 20.4. The molecule has 35 nitrogen and oxygen atoms in total. The first-order chi connectivity index (χ1) is 32.9. The van der Waals surface area contributed by atoms with Gasteiger partial charge in [0.05, 0.1) is 31.4 Å². The Morgan fingerprint density at radius 1 is 0.611 bits per heavy atom. The maximum atomic E-state index is 12.3. The summed E-state index contributed by atoms with van der Waals surface area (Å²) in [4.78, 5) is 17.0. The lowest BCUT2D eigenvalue weighted by atomic mass is 9.79. The minimum Gasteiger partial charge on any atom is -0.834 e. The largest absolute Gasteiger partial charge is 0.834 e. The number of carbonyl (C=O) groups excluding carboxylic acids is 1.